The molecule has 3 aliphatic rings. The Hall–Kier alpha value is -0.120. The summed E-state index contributed by atoms with van der Waals surface area (Å²) in [5.74, 6) is 0. The van der Waals surface area contributed by atoms with E-state index >= 15 is 0 Å². The number of fused-ring (bicyclic) bond motifs is 2. The highest BCUT2D eigenvalue weighted by molar-refractivity contribution is 4.99. The van der Waals surface area contributed by atoms with E-state index in [2.05, 4.69) is 10.2 Å². The lowest BCUT2D eigenvalue weighted by Crippen LogP contribution is -2.50. The molecule has 3 fully saturated rings. The number of nitrogens with one attached hydrogen (secondary N) is 1. The highest BCUT2D eigenvalue weighted by Crippen LogP contribution is 2.28. The van der Waals surface area contributed by atoms with E-state index in [9.17, 15) is 0 Å². The quantitative estimate of drug-likeness (QED) is 0.627. The fourth-order valence-electron chi connectivity index (χ4n) is 3.06. The normalized spacial score (nSPS) is 41.5. The summed E-state index contributed by atoms with van der Waals surface area (Å²) in [6.45, 7) is 4.47. The molecule has 13 heavy (non-hydrogen) atoms. The molecule has 1 unspecified atom stereocenters. The standard InChI is InChI=1S/C10H18N2O/c1-3-13-4-2-9(1)12-7-8-5-10(12)6-11-8/h8-11H,1-7H2/t8-,10?/m1/s1. The van der Waals surface area contributed by atoms with Crippen LogP contribution in [0, 0.1) is 0 Å². The molecule has 2 bridgehead atoms. The Morgan fingerprint density at radius 1 is 1.15 bits per heavy atom. The first-order valence-electron chi connectivity index (χ1n) is 5.50. The molecule has 0 aromatic heterocycles. The van der Waals surface area contributed by atoms with Crippen molar-refractivity contribution >= 4 is 0 Å². The molecule has 3 heterocycles. The van der Waals surface area contributed by atoms with Gasteiger partial charge in [0, 0.05) is 44.4 Å². The molecule has 0 aromatic carbocycles. The Balaban J connectivity index is 1.65. The SMILES string of the molecule is C1CC(N2C[C@H]3CC2CN3)CCO1. The Bertz CT molecular complexity index is 191. The van der Waals surface area contributed by atoms with Crippen molar-refractivity contribution in [2.24, 2.45) is 0 Å². The van der Waals surface area contributed by atoms with Crippen LogP contribution in [0.4, 0.5) is 0 Å². The van der Waals surface area contributed by atoms with Crippen molar-refractivity contribution in [1.29, 1.82) is 0 Å². The van der Waals surface area contributed by atoms with Crippen molar-refractivity contribution in [2.45, 2.75) is 37.4 Å². The van der Waals surface area contributed by atoms with Gasteiger partial charge in [0.15, 0.2) is 0 Å². The molecule has 0 spiro atoms. The second-order valence-electron chi connectivity index (χ2n) is 4.54. The summed E-state index contributed by atoms with van der Waals surface area (Å²) in [5, 5.41) is 3.55. The van der Waals surface area contributed by atoms with Gasteiger partial charge >= 0.3 is 0 Å². The molecule has 3 heteroatoms. The molecule has 3 nitrogen and oxygen atoms in total. The third-order valence-corrected chi connectivity index (χ3v) is 3.76. The molecule has 0 radical (unpaired) electrons. The molecule has 3 rings (SSSR count). The third-order valence-electron chi connectivity index (χ3n) is 3.76. The highest BCUT2D eigenvalue weighted by Gasteiger charge is 2.40. The van der Waals surface area contributed by atoms with Gasteiger partial charge in [-0.05, 0) is 19.3 Å². The van der Waals surface area contributed by atoms with Gasteiger partial charge in [0.2, 0.25) is 0 Å². The lowest BCUT2D eigenvalue weighted by atomic mass is 10.1. The second kappa shape index (κ2) is 3.23. The zero-order valence-electron chi connectivity index (χ0n) is 8.04. The van der Waals surface area contributed by atoms with E-state index < -0.39 is 0 Å². The minimum absolute atomic E-state index is 0.799. The van der Waals surface area contributed by atoms with Gasteiger partial charge in [0.05, 0.1) is 0 Å². The lowest BCUT2D eigenvalue weighted by molar-refractivity contribution is 0.0252. The van der Waals surface area contributed by atoms with Gasteiger partial charge < -0.3 is 10.1 Å². The maximum absolute atomic E-state index is 5.40. The van der Waals surface area contributed by atoms with Crippen molar-refractivity contribution in [3.63, 3.8) is 0 Å². The van der Waals surface area contributed by atoms with Crippen LogP contribution in [0.25, 0.3) is 0 Å². The molecule has 0 amide bonds. The van der Waals surface area contributed by atoms with E-state index in [-0.39, 0.29) is 0 Å². The van der Waals surface area contributed by atoms with Crippen molar-refractivity contribution in [1.82, 2.24) is 10.2 Å². The van der Waals surface area contributed by atoms with Crippen molar-refractivity contribution in [2.75, 3.05) is 26.3 Å². The average molecular weight is 182 g/mol. The van der Waals surface area contributed by atoms with Gasteiger partial charge in [0.1, 0.15) is 0 Å². The topological polar surface area (TPSA) is 24.5 Å². The Labute approximate surface area is 79.4 Å². The lowest BCUT2D eigenvalue weighted by Gasteiger charge is -2.37. The van der Waals surface area contributed by atoms with Gasteiger partial charge in [0.25, 0.3) is 0 Å². The van der Waals surface area contributed by atoms with Crippen molar-refractivity contribution in [3.8, 4) is 0 Å². The maximum atomic E-state index is 5.40. The number of hydrogen-bond donors (Lipinski definition) is 1. The molecule has 3 aliphatic heterocycles. The van der Waals surface area contributed by atoms with Crippen LogP contribution in [-0.4, -0.2) is 49.3 Å². The Kier molecular flexibility index (Phi) is 2.04. The smallest absolute Gasteiger partial charge is 0.0480 e. The minimum Gasteiger partial charge on any atom is -0.381 e. The van der Waals surface area contributed by atoms with Gasteiger partial charge in [-0.2, -0.15) is 0 Å². The summed E-state index contributed by atoms with van der Waals surface area (Å²) in [6, 6.07) is 2.46. The monoisotopic (exact) mass is 182 g/mol. The molecule has 74 valence electrons. The van der Waals surface area contributed by atoms with E-state index in [0.29, 0.717) is 0 Å². The second-order valence-corrected chi connectivity index (χ2v) is 4.54. The van der Waals surface area contributed by atoms with Crippen LogP contribution in [0.1, 0.15) is 19.3 Å². The van der Waals surface area contributed by atoms with Crippen LogP contribution < -0.4 is 5.32 Å². The predicted octanol–water partition coefficient (Wildman–Crippen LogP) is 0.211. The van der Waals surface area contributed by atoms with Gasteiger partial charge in [-0.1, -0.05) is 0 Å². The molecule has 0 aliphatic carbocycles. The third kappa shape index (κ3) is 1.39. The van der Waals surface area contributed by atoms with Crippen LogP contribution >= 0.6 is 0 Å². The summed E-state index contributed by atoms with van der Waals surface area (Å²) < 4.78 is 5.40. The summed E-state index contributed by atoms with van der Waals surface area (Å²) in [7, 11) is 0. The molecule has 2 atom stereocenters. The summed E-state index contributed by atoms with van der Waals surface area (Å²) in [5.41, 5.74) is 0. The first kappa shape index (κ1) is 8.21. The number of ether oxygens (including phenoxy) is 1. The molecule has 0 aromatic rings. The summed E-state index contributed by atoms with van der Waals surface area (Å²) >= 11 is 0. The van der Waals surface area contributed by atoms with E-state index in [1.165, 1.54) is 32.4 Å². The molecule has 1 N–H and O–H groups in total. The molecule has 0 saturated carbocycles. The van der Waals surface area contributed by atoms with Gasteiger partial charge in [-0.25, -0.2) is 0 Å². The van der Waals surface area contributed by atoms with Crippen molar-refractivity contribution < 1.29 is 4.74 Å². The Morgan fingerprint density at radius 3 is 2.62 bits per heavy atom. The van der Waals surface area contributed by atoms with Crippen LogP contribution in [0.2, 0.25) is 0 Å². The minimum atomic E-state index is 0.799. The first-order valence-corrected chi connectivity index (χ1v) is 5.50. The van der Waals surface area contributed by atoms with E-state index in [0.717, 1.165) is 31.3 Å². The fourth-order valence-corrected chi connectivity index (χ4v) is 3.06. The highest BCUT2D eigenvalue weighted by atomic mass is 16.5. The number of likely N-dealkylation sites (tertiary alicyclic amines) is 1. The number of rotatable bonds is 1. The van der Waals surface area contributed by atoms with Crippen LogP contribution in [0.3, 0.4) is 0 Å². The Morgan fingerprint density at radius 2 is 2.00 bits per heavy atom. The van der Waals surface area contributed by atoms with Crippen LogP contribution in [0.15, 0.2) is 0 Å². The van der Waals surface area contributed by atoms with Crippen LogP contribution in [0.5, 0.6) is 0 Å². The van der Waals surface area contributed by atoms with E-state index in [4.69, 9.17) is 4.74 Å². The molecule has 3 saturated heterocycles. The molecular formula is C10H18N2O. The van der Waals surface area contributed by atoms with Gasteiger partial charge in [-0.3, -0.25) is 4.90 Å². The van der Waals surface area contributed by atoms with E-state index in [1.807, 2.05) is 0 Å². The number of piperazine rings is 1. The predicted molar refractivity (Wildman–Crippen MR) is 50.7 cm³/mol. The molecular weight excluding hydrogens is 164 g/mol. The maximum Gasteiger partial charge on any atom is 0.0480 e. The largest absolute Gasteiger partial charge is 0.381 e. The van der Waals surface area contributed by atoms with Crippen molar-refractivity contribution in [3.05, 3.63) is 0 Å². The summed E-state index contributed by atoms with van der Waals surface area (Å²) in [4.78, 5) is 2.73. The summed E-state index contributed by atoms with van der Waals surface area (Å²) in [6.07, 6.45) is 3.89. The fraction of sp³-hybridized carbons (Fsp3) is 1.00. The first-order chi connectivity index (χ1) is 6.43. The average Bonchev–Trinajstić information content (AvgIpc) is 2.80. The zero-order chi connectivity index (χ0) is 8.67. The zero-order valence-corrected chi connectivity index (χ0v) is 8.04. The number of nitrogens with zero attached hydrogens (tertiary/aromatic N) is 1. The van der Waals surface area contributed by atoms with Gasteiger partial charge in [-0.15, -0.1) is 0 Å². The van der Waals surface area contributed by atoms with E-state index in [1.54, 1.807) is 0 Å². The number of hydrogen-bond acceptors (Lipinski definition) is 3. The van der Waals surface area contributed by atoms with Crippen LogP contribution in [-0.2, 0) is 4.74 Å².